The van der Waals surface area contributed by atoms with E-state index in [1.54, 1.807) is 18.1 Å². The van der Waals surface area contributed by atoms with Gasteiger partial charge in [-0.2, -0.15) is 0 Å². The SMILES string of the molecule is CCN(CC)C(=O)c1cc(NC(=O)[C@H](Cl)c2ccccc2)ccc1N1CCN(c2ccccc2OC)CC1. The molecule has 0 aliphatic carbocycles. The van der Waals surface area contributed by atoms with Gasteiger partial charge in [0.1, 0.15) is 11.1 Å². The molecule has 3 aromatic carbocycles. The first-order valence-corrected chi connectivity index (χ1v) is 13.5. The Morgan fingerprint density at radius 3 is 2.13 bits per heavy atom. The van der Waals surface area contributed by atoms with Gasteiger partial charge in [0.2, 0.25) is 5.91 Å². The molecule has 2 amide bonds. The number of hydrogen-bond donors (Lipinski definition) is 1. The third-order valence-corrected chi connectivity index (χ3v) is 7.36. The number of para-hydroxylation sites is 2. The molecule has 1 fully saturated rings. The smallest absolute Gasteiger partial charge is 0.256 e. The van der Waals surface area contributed by atoms with E-state index in [1.165, 1.54) is 0 Å². The highest BCUT2D eigenvalue weighted by Gasteiger charge is 2.26. The van der Waals surface area contributed by atoms with Gasteiger partial charge in [-0.25, -0.2) is 0 Å². The number of piperazine rings is 1. The number of rotatable bonds is 9. The number of carbonyl (C=O) groups excluding carboxylic acids is 2. The summed E-state index contributed by atoms with van der Waals surface area (Å²) in [6.07, 6.45) is 0. The number of carbonyl (C=O) groups is 2. The summed E-state index contributed by atoms with van der Waals surface area (Å²) in [4.78, 5) is 32.8. The van der Waals surface area contributed by atoms with E-state index in [2.05, 4.69) is 21.2 Å². The molecule has 0 unspecified atom stereocenters. The Morgan fingerprint density at radius 1 is 0.895 bits per heavy atom. The summed E-state index contributed by atoms with van der Waals surface area (Å²) >= 11 is 6.43. The molecule has 3 aromatic rings. The molecule has 1 saturated heterocycles. The van der Waals surface area contributed by atoms with Crippen LogP contribution in [0, 0.1) is 0 Å². The lowest BCUT2D eigenvalue weighted by Crippen LogP contribution is -2.47. The minimum atomic E-state index is -0.833. The quantitative estimate of drug-likeness (QED) is 0.371. The molecule has 38 heavy (non-hydrogen) atoms. The Labute approximate surface area is 229 Å². The van der Waals surface area contributed by atoms with Gasteiger partial charge < -0.3 is 24.8 Å². The van der Waals surface area contributed by atoms with Crippen LogP contribution in [0.4, 0.5) is 17.1 Å². The maximum Gasteiger partial charge on any atom is 0.256 e. The minimum absolute atomic E-state index is 0.0567. The standard InChI is InChI=1S/C30H35ClN4O3/c1-4-33(5-2)30(37)24-21-23(32-29(36)28(31)22-11-7-6-8-12-22)15-16-25(24)34-17-19-35(20-18-34)26-13-9-10-14-27(26)38-3/h6-16,21,28H,4-5,17-20H2,1-3H3,(H,32,36)/t28-/m1/s1. The van der Waals surface area contributed by atoms with E-state index in [0.29, 0.717) is 24.3 Å². The van der Waals surface area contributed by atoms with Crippen molar-refractivity contribution < 1.29 is 14.3 Å². The monoisotopic (exact) mass is 534 g/mol. The lowest BCUT2D eigenvalue weighted by molar-refractivity contribution is -0.116. The van der Waals surface area contributed by atoms with Gasteiger partial charge in [-0.05, 0) is 49.7 Å². The van der Waals surface area contributed by atoms with E-state index in [4.69, 9.17) is 16.3 Å². The Balaban J connectivity index is 1.56. The van der Waals surface area contributed by atoms with E-state index < -0.39 is 5.38 Å². The van der Waals surface area contributed by atoms with Crippen LogP contribution < -0.4 is 19.9 Å². The molecule has 1 atom stereocenters. The first-order chi connectivity index (χ1) is 18.5. The highest BCUT2D eigenvalue weighted by atomic mass is 35.5. The molecule has 8 heteroatoms. The Morgan fingerprint density at radius 2 is 1.50 bits per heavy atom. The number of nitrogens with one attached hydrogen (secondary N) is 1. The van der Waals surface area contributed by atoms with Gasteiger partial charge in [-0.1, -0.05) is 42.5 Å². The number of amides is 2. The molecule has 1 aliphatic heterocycles. The lowest BCUT2D eigenvalue weighted by atomic mass is 10.1. The van der Waals surface area contributed by atoms with Crippen LogP contribution in [0.5, 0.6) is 5.75 Å². The summed E-state index contributed by atoms with van der Waals surface area (Å²) < 4.78 is 5.55. The number of benzene rings is 3. The summed E-state index contributed by atoms with van der Waals surface area (Å²) in [5.41, 5.74) is 3.77. The van der Waals surface area contributed by atoms with Crippen LogP contribution in [0.3, 0.4) is 0 Å². The maximum absolute atomic E-state index is 13.6. The van der Waals surface area contributed by atoms with Crippen molar-refractivity contribution in [3.05, 3.63) is 83.9 Å². The molecule has 0 bridgehead atoms. The van der Waals surface area contributed by atoms with Gasteiger partial charge in [0.05, 0.1) is 18.4 Å². The molecule has 0 saturated carbocycles. The number of halogens is 1. The number of hydrogen-bond acceptors (Lipinski definition) is 5. The summed E-state index contributed by atoms with van der Waals surface area (Å²) in [5.74, 6) is 0.461. The second-order valence-electron chi connectivity index (χ2n) is 9.12. The van der Waals surface area contributed by atoms with Gasteiger partial charge in [0.15, 0.2) is 0 Å². The van der Waals surface area contributed by atoms with Crippen molar-refractivity contribution in [3.63, 3.8) is 0 Å². The number of nitrogens with zero attached hydrogens (tertiary/aromatic N) is 3. The summed E-state index contributed by atoms with van der Waals surface area (Å²) in [6.45, 7) is 8.23. The predicted octanol–water partition coefficient (Wildman–Crippen LogP) is 5.42. The zero-order chi connectivity index (χ0) is 27.1. The third kappa shape index (κ3) is 6.05. The summed E-state index contributed by atoms with van der Waals surface area (Å²) in [7, 11) is 1.69. The van der Waals surface area contributed by atoms with Crippen LogP contribution >= 0.6 is 11.6 Å². The molecule has 1 aliphatic rings. The zero-order valence-electron chi connectivity index (χ0n) is 22.2. The molecule has 0 aromatic heterocycles. The van der Waals surface area contributed by atoms with Crippen molar-refractivity contribution >= 4 is 40.5 Å². The fourth-order valence-electron chi connectivity index (χ4n) is 4.80. The first-order valence-electron chi connectivity index (χ1n) is 13.0. The molecular weight excluding hydrogens is 500 g/mol. The van der Waals surface area contributed by atoms with Gasteiger partial charge in [-0.15, -0.1) is 11.6 Å². The molecule has 0 radical (unpaired) electrons. The topological polar surface area (TPSA) is 65.1 Å². The maximum atomic E-state index is 13.6. The minimum Gasteiger partial charge on any atom is -0.495 e. The van der Waals surface area contributed by atoms with Gasteiger partial charge in [0, 0.05) is 50.6 Å². The van der Waals surface area contributed by atoms with Gasteiger partial charge in [-0.3, -0.25) is 9.59 Å². The number of ether oxygens (including phenoxy) is 1. The molecule has 200 valence electrons. The van der Waals surface area contributed by atoms with Crippen molar-refractivity contribution in [1.29, 1.82) is 0 Å². The molecule has 1 N–H and O–H groups in total. The second kappa shape index (κ2) is 12.7. The second-order valence-corrected chi connectivity index (χ2v) is 9.55. The Kier molecular flexibility index (Phi) is 9.13. The molecule has 4 rings (SSSR count). The largest absolute Gasteiger partial charge is 0.495 e. The van der Waals surface area contributed by atoms with E-state index in [1.807, 2.05) is 74.5 Å². The average molecular weight is 535 g/mol. The fraction of sp³-hybridized carbons (Fsp3) is 0.333. The van der Waals surface area contributed by atoms with Crippen LogP contribution in [0.1, 0.15) is 35.1 Å². The van der Waals surface area contributed by atoms with Crippen molar-refractivity contribution in [2.75, 3.05) is 61.5 Å². The van der Waals surface area contributed by atoms with Gasteiger partial charge in [0.25, 0.3) is 5.91 Å². The van der Waals surface area contributed by atoms with Crippen molar-refractivity contribution in [2.45, 2.75) is 19.2 Å². The highest BCUT2D eigenvalue weighted by Crippen LogP contribution is 2.32. The van der Waals surface area contributed by atoms with Crippen molar-refractivity contribution in [3.8, 4) is 5.75 Å². The summed E-state index contributed by atoms with van der Waals surface area (Å²) in [6, 6.07) is 22.8. The van der Waals surface area contributed by atoms with Crippen LogP contribution in [0.2, 0.25) is 0 Å². The normalized spacial score (nSPS) is 14.1. The van der Waals surface area contributed by atoms with Crippen LogP contribution in [0.15, 0.2) is 72.8 Å². The van der Waals surface area contributed by atoms with Crippen molar-refractivity contribution in [2.24, 2.45) is 0 Å². The van der Waals surface area contributed by atoms with Gasteiger partial charge >= 0.3 is 0 Å². The third-order valence-electron chi connectivity index (χ3n) is 6.91. The number of alkyl halides is 1. The van der Waals surface area contributed by atoms with E-state index in [-0.39, 0.29) is 11.8 Å². The number of anilines is 3. The van der Waals surface area contributed by atoms with E-state index in [9.17, 15) is 9.59 Å². The van der Waals surface area contributed by atoms with Crippen molar-refractivity contribution in [1.82, 2.24) is 4.90 Å². The molecule has 7 nitrogen and oxygen atoms in total. The van der Waals surface area contributed by atoms with E-state index >= 15 is 0 Å². The average Bonchev–Trinajstić information content (AvgIpc) is 2.97. The van der Waals surface area contributed by atoms with Crippen LogP contribution in [-0.4, -0.2) is 63.1 Å². The Hall–Kier alpha value is -3.71. The lowest BCUT2D eigenvalue weighted by Gasteiger charge is -2.38. The molecular formula is C30H35ClN4O3. The summed E-state index contributed by atoms with van der Waals surface area (Å²) in [5, 5.41) is 2.07. The fourth-order valence-corrected chi connectivity index (χ4v) is 5.00. The Bertz CT molecular complexity index is 1240. The van der Waals surface area contributed by atoms with Crippen LogP contribution in [0.25, 0.3) is 0 Å². The highest BCUT2D eigenvalue weighted by molar-refractivity contribution is 6.32. The first kappa shape index (κ1) is 27.3. The van der Waals surface area contributed by atoms with Crippen LogP contribution in [-0.2, 0) is 4.79 Å². The molecule has 0 spiro atoms. The zero-order valence-corrected chi connectivity index (χ0v) is 22.9. The molecule has 1 heterocycles. The predicted molar refractivity (Wildman–Crippen MR) is 155 cm³/mol. The number of methoxy groups -OCH3 is 1. The van der Waals surface area contributed by atoms with E-state index in [0.717, 1.165) is 48.9 Å².